The van der Waals surface area contributed by atoms with E-state index in [2.05, 4.69) is 10.2 Å². The van der Waals surface area contributed by atoms with E-state index in [1.54, 1.807) is 30.4 Å². The number of aryl methyl sites for hydroxylation is 2. The third-order valence-corrected chi connectivity index (χ3v) is 7.28. The number of anilines is 2. The van der Waals surface area contributed by atoms with Gasteiger partial charge < -0.3 is 15.1 Å². The van der Waals surface area contributed by atoms with Crippen LogP contribution in [0.15, 0.2) is 18.2 Å². The van der Waals surface area contributed by atoms with E-state index < -0.39 is 0 Å². The molecule has 2 aromatic rings. The normalized spacial score (nSPS) is 18.8. The van der Waals surface area contributed by atoms with Crippen molar-refractivity contribution in [3.63, 3.8) is 0 Å². The maximum Gasteiger partial charge on any atom is 0.227 e. The molecule has 1 N–H and O–H groups in total. The molecule has 0 unspecified atom stereocenters. The van der Waals surface area contributed by atoms with E-state index in [0.717, 1.165) is 54.7 Å². The Morgan fingerprint density at radius 2 is 1.97 bits per heavy atom. The first-order valence-corrected chi connectivity index (χ1v) is 11.7. The van der Waals surface area contributed by atoms with Crippen LogP contribution in [0.2, 0.25) is 0 Å². The zero-order valence-corrected chi connectivity index (χ0v) is 19.1. The molecule has 2 aliphatic rings. The summed E-state index contributed by atoms with van der Waals surface area (Å²) in [6.07, 6.45) is 2.18. The van der Waals surface area contributed by atoms with Crippen LogP contribution >= 0.6 is 11.3 Å². The molecule has 166 valence electrons. The van der Waals surface area contributed by atoms with Gasteiger partial charge in [-0.1, -0.05) is 19.9 Å². The molecule has 4 rings (SSSR count). The first-order chi connectivity index (χ1) is 14.8. The van der Waals surface area contributed by atoms with E-state index in [1.807, 2.05) is 18.7 Å². The van der Waals surface area contributed by atoms with Crippen LogP contribution in [0.4, 0.5) is 15.2 Å². The lowest BCUT2D eigenvalue weighted by Gasteiger charge is -2.35. The lowest BCUT2D eigenvalue weighted by atomic mass is 9.90. The highest BCUT2D eigenvalue weighted by atomic mass is 32.1. The average molecular weight is 445 g/mol. The Bertz CT molecular complexity index is 982. The van der Waals surface area contributed by atoms with Crippen molar-refractivity contribution in [2.45, 2.75) is 40.0 Å². The highest BCUT2D eigenvalue weighted by molar-refractivity contribution is 7.15. The van der Waals surface area contributed by atoms with Crippen molar-refractivity contribution in [2.24, 2.45) is 11.8 Å². The van der Waals surface area contributed by atoms with Crippen LogP contribution in [0.1, 0.15) is 36.4 Å². The van der Waals surface area contributed by atoms with Crippen LogP contribution in [0.5, 0.6) is 0 Å². The number of nitrogens with one attached hydrogen (secondary N) is 1. The highest BCUT2D eigenvalue weighted by Crippen LogP contribution is 2.35. The summed E-state index contributed by atoms with van der Waals surface area (Å²) in [7, 11) is 0. The van der Waals surface area contributed by atoms with E-state index in [-0.39, 0.29) is 29.5 Å². The molecular formula is C23H29FN4O2S. The van der Waals surface area contributed by atoms with Crippen LogP contribution in [0.25, 0.3) is 0 Å². The van der Waals surface area contributed by atoms with Gasteiger partial charge in [0.1, 0.15) is 5.82 Å². The first-order valence-electron chi connectivity index (χ1n) is 10.9. The quantitative estimate of drug-likeness (QED) is 0.782. The van der Waals surface area contributed by atoms with Crippen LogP contribution in [-0.4, -0.2) is 47.9 Å². The number of amides is 2. The minimum Gasteiger partial charge on any atom is -0.345 e. The Hall–Kier alpha value is -2.48. The molecule has 1 atom stereocenters. The highest BCUT2D eigenvalue weighted by Gasteiger charge is 2.30. The minimum atomic E-state index is -0.314. The van der Waals surface area contributed by atoms with Crippen molar-refractivity contribution in [1.29, 1.82) is 0 Å². The predicted molar refractivity (Wildman–Crippen MR) is 121 cm³/mol. The molecular weight excluding hydrogens is 415 g/mol. The molecule has 2 heterocycles. The largest absolute Gasteiger partial charge is 0.345 e. The van der Waals surface area contributed by atoms with Gasteiger partial charge in [0.2, 0.25) is 11.8 Å². The molecule has 0 bridgehead atoms. The second-order valence-corrected chi connectivity index (χ2v) is 9.79. The predicted octanol–water partition coefficient (Wildman–Crippen LogP) is 3.64. The molecule has 1 aromatic carbocycles. The lowest BCUT2D eigenvalue weighted by Crippen LogP contribution is -2.49. The van der Waals surface area contributed by atoms with Crippen molar-refractivity contribution < 1.29 is 14.0 Å². The second-order valence-electron chi connectivity index (χ2n) is 8.73. The minimum absolute atomic E-state index is 0.0261. The Kier molecular flexibility index (Phi) is 6.27. The molecule has 1 aliphatic heterocycles. The molecule has 0 saturated carbocycles. The molecule has 1 aromatic heterocycles. The fraction of sp³-hybridized carbons (Fsp3) is 0.522. The number of thiazole rings is 1. The number of halogens is 1. The van der Waals surface area contributed by atoms with Gasteiger partial charge >= 0.3 is 0 Å². The Morgan fingerprint density at radius 1 is 1.23 bits per heavy atom. The first kappa shape index (κ1) is 21.7. The number of carbonyl (C=O) groups is 2. The van der Waals surface area contributed by atoms with Crippen molar-refractivity contribution in [3.8, 4) is 0 Å². The standard InChI is InChI=1S/C23H29FN4O2S/c1-14(2)22(30)27-8-10-28(11-9-27)23-26-19-7-5-16(12-20(19)31-23)21(29)25-17-6-4-15(3)18(24)13-17/h4,6,13-14,16H,5,7-12H2,1-3H3,(H,25,29)/t16-/m1/s1. The Morgan fingerprint density at radius 3 is 2.65 bits per heavy atom. The zero-order chi connectivity index (χ0) is 22.1. The summed E-state index contributed by atoms with van der Waals surface area (Å²) < 4.78 is 13.8. The van der Waals surface area contributed by atoms with Gasteiger partial charge in [0.15, 0.2) is 5.13 Å². The maximum atomic E-state index is 13.8. The number of benzene rings is 1. The Labute approximate surface area is 186 Å². The zero-order valence-electron chi connectivity index (χ0n) is 18.3. The smallest absolute Gasteiger partial charge is 0.227 e. The van der Waals surface area contributed by atoms with Crippen molar-refractivity contribution in [1.82, 2.24) is 9.88 Å². The fourth-order valence-corrected chi connectivity index (χ4v) is 5.36. The van der Waals surface area contributed by atoms with Crippen molar-refractivity contribution >= 4 is 34.0 Å². The molecule has 31 heavy (non-hydrogen) atoms. The Balaban J connectivity index is 1.37. The molecule has 0 radical (unpaired) electrons. The van der Waals surface area contributed by atoms with E-state index >= 15 is 0 Å². The van der Waals surface area contributed by atoms with Gasteiger partial charge in [0.05, 0.1) is 5.69 Å². The number of fused-ring (bicyclic) bond motifs is 1. The number of hydrogen-bond donors (Lipinski definition) is 1. The number of rotatable bonds is 4. The van der Waals surface area contributed by atoms with Crippen molar-refractivity contribution in [3.05, 3.63) is 40.2 Å². The number of piperazine rings is 1. The number of hydrogen-bond acceptors (Lipinski definition) is 5. The summed E-state index contributed by atoms with van der Waals surface area (Å²) in [6.45, 7) is 8.59. The molecule has 1 aliphatic carbocycles. The SMILES string of the molecule is Cc1ccc(NC(=O)[C@@H]2CCc3nc(N4CCN(C(=O)C(C)C)CC4)sc3C2)cc1F. The van der Waals surface area contributed by atoms with Gasteiger partial charge in [-0.2, -0.15) is 0 Å². The van der Waals surface area contributed by atoms with Gasteiger partial charge in [-0.3, -0.25) is 9.59 Å². The summed E-state index contributed by atoms with van der Waals surface area (Å²) in [5.74, 6) is -0.278. The molecule has 1 fully saturated rings. The van der Waals surface area contributed by atoms with Crippen LogP contribution in [0, 0.1) is 24.6 Å². The average Bonchev–Trinajstić information content (AvgIpc) is 3.19. The van der Waals surface area contributed by atoms with Crippen molar-refractivity contribution in [2.75, 3.05) is 36.4 Å². The monoisotopic (exact) mass is 444 g/mol. The van der Waals surface area contributed by atoms with Gasteiger partial charge in [0, 0.05) is 48.6 Å². The maximum absolute atomic E-state index is 13.8. The van der Waals surface area contributed by atoms with Crippen LogP contribution < -0.4 is 10.2 Å². The molecule has 6 nitrogen and oxygen atoms in total. The second kappa shape index (κ2) is 8.94. The molecule has 2 amide bonds. The topological polar surface area (TPSA) is 65.5 Å². The van der Waals surface area contributed by atoms with Gasteiger partial charge in [-0.15, -0.1) is 11.3 Å². The number of carbonyl (C=O) groups excluding carboxylic acids is 2. The number of nitrogens with zero attached hydrogens (tertiary/aromatic N) is 3. The number of aromatic nitrogens is 1. The van der Waals surface area contributed by atoms with Gasteiger partial charge in [-0.05, 0) is 43.9 Å². The van der Waals surface area contributed by atoms with Gasteiger partial charge in [0.25, 0.3) is 0 Å². The van der Waals surface area contributed by atoms with E-state index in [0.29, 0.717) is 17.7 Å². The van der Waals surface area contributed by atoms with Crippen LogP contribution in [0.3, 0.4) is 0 Å². The summed E-state index contributed by atoms with van der Waals surface area (Å²) >= 11 is 1.66. The third kappa shape index (κ3) is 4.74. The fourth-order valence-electron chi connectivity index (χ4n) is 4.12. The summed E-state index contributed by atoms with van der Waals surface area (Å²) in [5.41, 5.74) is 2.15. The lowest BCUT2D eigenvalue weighted by molar-refractivity contribution is -0.134. The third-order valence-electron chi connectivity index (χ3n) is 6.09. The summed E-state index contributed by atoms with van der Waals surface area (Å²) in [6, 6.07) is 4.78. The van der Waals surface area contributed by atoms with E-state index in [4.69, 9.17) is 4.98 Å². The molecule has 8 heteroatoms. The summed E-state index contributed by atoms with van der Waals surface area (Å²) in [4.78, 5) is 35.1. The van der Waals surface area contributed by atoms with Gasteiger partial charge in [-0.25, -0.2) is 9.37 Å². The van der Waals surface area contributed by atoms with E-state index in [1.165, 1.54) is 6.07 Å². The van der Waals surface area contributed by atoms with E-state index in [9.17, 15) is 14.0 Å². The molecule has 1 saturated heterocycles. The molecule has 0 spiro atoms. The van der Waals surface area contributed by atoms with Crippen LogP contribution in [-0.2, 0) is 22.4 Å². The summed E-state index contributed by atoms with van der Waals surface area (Å²) in [5, 5.41) is 3.85.